The summed E-state index contributed by atoms with van der Waals surface area (Å²) in [6, 6.07) is 20.4. The van der Waals surface area contributed by atoms with E-state index in [9.17, 15) is 9.59 Å². The van der Waals surface area contributed by atoms with Crippen molar-refractivity contribution in [1.29, 1.82) is 0 Å². The summed E-state index contributed by atoms with van der Waals surface area (Å²) in [5.41, 5.74) is 1.52. The highest BCUT2D eigenvalue weighted by Gasteiger charge is 2.25. The lowest BCUT2D eigenvalue weighted by molar-refractivity contribution is -0.127. The van der Waals surface area contributed by atoms with Gasteiger partial charge in [-0.2, -0.15) is 0 Å². The Balaban J connectivity index is 1.72. The number of carbonyl (C=O) groups is 2. The molecule has 3 aromatic rings. The average molecular weight is 390 g/mol. The molecule has 0 saturated carbocycles. The second-order valence-electron chi connectivity index (χ2n) is 7.29. The molecular formula is C24H26N2O3. The minimum Gasteiger partial charge on any atom is -0.495 e. The Morgan fingerprint density at radius 2 is 1.62 bits per heavy atom. The van der Waals surface area contributed by atoms with Crippen LogP contribution in [-0.4, -0.2) is 25.0 Å². The molecule has 1 atom stereocenters. The summed E-state index contributed by atoms with van der Waals surface area (Å²) in [6.07, 6.45) is 0.215. The van der Waals surface area contributed by atoms with Crippen LogP contribution in [0.2, 0.25) is 0 Å². The summed E-state index contributed by atoms with van der Waals surface area (Å²) in [7, 11) is 1.55. The fourth-order valence-corrected chi connectivity index (χ4v) is 3.34. The van der Waals surface area contributed by atoms with Crippen LogP contribution in [0.3, 0.4) is 0 Å². The first-order valence-corrected chi connectivity index (χ1v) is 9.69. The zero-order chi connectivity index (χ0) is 20.8. The lowest BCUT2D eigenvalue weighted by atomic mass is 10.00. The van der Waals surface area contributed by atoms with Crippen molar-refractivity contribution < 1.29 is 14.3 Å². The molecule has 0 radical (unpaired) electrons. The van der Waals surface area contributed by atoms with Gasteiger partial charge < -0.3 is 15.4 Å². The van der Waals surface area contributed by atoms with Crippen LogP contribution in [0, 0.1) is 5.92 Å². The molecule has 3 aromatic carbocycles. The first-order chi connectivity index (χ1) is 14.0. The van der Waals surface area contributed by atoms with Crippen LogP contribution >= 0.6 is 0 Å². The number of nitrogens with one attached hydrogen (secondary N) is 2. The van der Waals surface area contributed by atoms with Crippen molar-refractivity contribution in [3.8, 4) is 5.75 Å². The maximum Gasteiger partial charge on any atom is 0.247 e. The molecule has 0 heterocycles. The molecule has 0 spiro atoms. The third-order valence-corrected chi connectivity index (χ3v) is 4.86. The molecule has 0 aliphatic heterocycles. The van der Waals surface area contributed by atoms with Crippen LogP contribution in [0.25, 0.3) is 10.8 Å². The van der Waals surface area contributed by atoms with Gasteiger partial charge in [0.05, 0.1) is 19.2 Å². The summed E-state index contributed by atoms with van der Waals surface area (Å²) in [5, 5.41) is 7.89. The number of benzene rings is 3. The van der Waals surface area contributed by atoms with Gasteiger partial charge in [-0.05, 0) is 34.4 Å². The fourth-order valence-electron chi connectivity index (χ4n) is 3.34. The lowest BCUT2D eigenvalue weighted by Gasteiger charge is -2.22. The topological polar surface area (TPSA) is 67.4 Å². The molecule has 5 heteroatoms. The molecule has 0 bridgehead atoms. The lowest BCUT2D eigenvalue weighted by Crippen LogP contribution is -2.47. The van der Waals surface area contributed by atoms with E-state index in [0.717, 1.165) is 16.3 Å². The predicted octanol–water partition coefficient (Wildman–Crippen LogP) is 4.17. The van der Waals surface area contributed by atoms with E-state index in [4.69, 9.17) is 4.74 Å². The van der Waals surface area contributed by atoms with Gasteiger partial charge in [-0.1, -0.05) is 68.4 Å². The Hall–Kier alpha value is -3.34. The van der Waals surface area contributed by atoms with Crippen molar-refractivity contribution >= 4 is 28.3 Å². The molecule has 0 aromatic heterocycles. The Morgan fingerprint density at radius 3 is 2.38 bits per heavy atom. The molecule has 2 amide bonds. The van der Waals surface area contributed by atoms with Crippen molar-refractivity contribution in [3.63, 3.8) is 0 Å². The van der Waals surface area contributed by atoms with Gasteiger partial charge in [0.2, 0.25) is 11.8 Å². The van der Waals surface area contributed by atoms with Crippen LogP contribution in [0.4, 0.5) is 5.69 Å². The van der Waals surface area contributed by atoms with Crippen molar-refractivity contribution in [2.75, 3.05) is 12.4 Å². The van der Waals surface area contributed by atoms with Crippen molar-refractivity contribution in [2.45, 2.75) is 26.3 Å². The van der Waals surface area contributed by atoms with Crippen LogP contribution < -0.4 is 15.4 Å². The van der Waals surface area contributed by atoms with Gasteiger partial charge in [0.25, 0.3) is 0 Å². The van der Waals surface area contributed by atoms with E-state index in [1.54, 1.807) is 19.2 Å². The summed E-state index contributed by atoms with van der Waals surface area (Å²) in [5.74, 6) is 0.0533. The molecule has 3 rings (SSSR count). The van der Waals surface area contributed by atoms with Crippen LogP contribution in [0.5, 0.6) is 5.75 Å². The highest BCUT2D eigenvalue weighted by Crippen LogP contribution is 2.24. The van der Waals surface area contributed by atoms with E-state index in [1.165, 1.54) is 0 Å². The summed E-state index contributed by atoms with van der Waals surface area (Å²) in [6.45, 7) is 3.81. The summed E-state index contributed by atoms with van der Waals surface area (Å²) < 4.78 is 5.29. The van der Waals surface area contributed by atoms with E-state index in [2.05, 4.69) is 10.6 Å². The number of hydrogen-bond acceptors (Lipinski definition) is 3. The number of carbonyl (C=O) groups excluding carboxylic acids is 2. The Morgan fingerprint density at radius 1 is 0.931 bits per heavy atom. The molecule has 0 aliphatic rings. The second kappa shape index (κ2) is 9.24. The third-order valence-electron chi connectivity index (χ3n) is 4.86. The van der Waals surface area contributed by atoms with Gasteiger partial charge in [0.1, 0.15) is 11.8 Å². The molecule has 150 valence electrons. The molecule has 5 nitrogen and oxygen atoms in total. The molecule has 1 unspecified atom stereocenters. The van der Waals surface area contributed by atoms with Gasteiger partial charge in [0, 0.05) is 0 Å². The number of hydrogen-bond donors (Lipinski definition) is 2. The largest absolute Gasteiger partial charge is 0.495 e. The molecule has 0 aliphatic carbocycles. The van der Waals surface area contributed by atoms with Crippen molar-refractivity contribution in [1.82, 2.24) is 5.32 Å². The average Bonchev–Trinajstić information content (AvgIpc) is 2.72. The van der Waals surface area contributed by atoms with Gasteiger partial charge in [-0.15, -0.1) is 0 Å². The summed E-state index contributed by atoms with van der Waals surface area (Å²) in [4.78, 5) is 25.6. The minimum atomic E-state index is -0.651. The Bertz CT molecular complexity index is 1010. The number of fused-ring (bicyclic) bond motifs is 1. The van der Waals surface area contributed by atoms with Crippen molar-refractivity contribution in [3.05, 3.63) is 72.3 Å². The number of amides is 2. The minimum absolute atomic E-state index is 0.0684. The smallest absolute Gasteiger partial charge is 0.247 e. The first-order valence-electron chi connectivity index (χ1n) is 9.69. The Labute approximate surface area is 171 Å². The summed E-state index contributed by atoms with van der Waals surface area (Å²) >= 11 is 0. The zero-order valence-electron chi connectivity index (χ0n) is 16.9. The number of para-hydroxylation sites is 2. The number of rotatable bonds is 7. The van der Waals surface area contributed by atoms with E-state index < -0.39 is 6.04 Å². The van der Waals surface area contributed by atoms with E-state index in [0.29, 0.717) is 11.4 Å². The maximum absolute atomic E-state index is 12.8. The number of methoxy groups -OCH3 is 1. The SMILES string of the molecule is COc1ccccc1NC(=O)C(NC(=O)Cc1cccc2ccccc12)C(C)C. The normalized spacial score (nSPS) is 11.9. The van der Waals surface area contributed by atoms with E-state index in [-0.39, 0.29) is 24.2 Å². The molecule has 29 heavy (non-hydrogen) atoms. The highest BCUT2D eigenvalue weighted by atomic mass is 16.5. The predicted molar refractivity (Wildman–Crippen MR) is 116 cm³/mol. The van der Waals surface area contributed by atoms with Crippen LogP contribution in [-0.2, 0) is 16.0 Å². The van der Waals surface area contributed by atoms with Gasteiger partial charge in [-0.25, -0.2) is 0 Å². The highest BCUT2D eigenvalue weighted by molar-refractivity contribution is 5.99. The second-order valence-corrected chi connectivity index (χ2v) is 7.29. The van der Waals surface area contributed by atoms with E-state index >= 15 is 0 Å². The number of ether oxygens (including phenoxy) is 1. The number of anilines is 1. The first kappa shape index (κ1) is 20.4. The third kappa shape index (κ3) is 4.93. The van der Waals surface area contributed by atoms with Crippen LogP contribution in [0.15, 0.2) is 66.7 Å². The molecule has 0 saturated heterocycles. The van der Waals surface area contributed by atoms with Crippen molar-refractivity contribution in [2.24, 2.45) is 5.92 Å². The van der Waals surface area contributed by atoms with E-state index in [1.807, 2.05) is 68.4 Å². The Kier molecular flexibility index (Phi) is 6.50. The quantitative estimate of drug-likeness (QED) is 0.636. The standard InChI is InChI=1S/C24H26N2O3/c1-16(2)23(24(28)25-20-13-6-7-14-21(20)29-3)26-22(27)15-18-11-8-10-17-9-4-5-12-19(17)18/h4-14,16,23H,15H2,1-3H3,(H,25,28)(H,26,27). The molecule has 2 N–H and O–H groups in total. The molecule has 0 fully saturated rings. The zero-order valence-corrected chi connectivity index (χ0v) is 16.9. The maximum atomic E-state index is 12.8. The molecular weight excluding hydrogens is 364 g/mol. The van der Waals surface area contributed by atoms with Gasteiger partial charge in [0.15, 0.2) is 0 Å². The monoisotopic (exact) mass is 390 g/mol. The van der Waals surface area contributed by atoms with Crippen LogP contribution in [0.1, 0.15) is 19.4 Å². The fraction of sp³-hybridized carbons (Fsp3) is 0.250. The van der Waals surface area contributed by atoms with Gasteiger partial charge >= 0.3 is 0 Å². The van der Waals surface area contributed by atoms with Gasteiger partial charge in [-0.3, -0.25) is 9.59 Å².